The molecule has 1 aliphatic heterocycles. The average Bonchev–Trinajstić information content (AvgIpc) is 2.80. The highest BCUT2D eigenvalue weighted by Gasteiger charge is 2.15. The number of ether oxygens (including phenoxy) is 2. The van der Waals surface area contributed by atoms with E-state index in [2.05, 4.69) is 15.3 Å². The lowest BCUT2D eigenvalue weighted by Crippen LogP contribution is -2.42. The summed E-state index contributed by atoms with van der Waals surface area (Å²) in [5.41, 5.74) is 1.99. The molecule has 2 N–H and O–H groups in total. The Morgan fingerprint density at radius 1 is 1.50 bits per heavy atom. The van der Waals surface area contributed by atoms with Crippen LogP contribution in [-0.4, -0.2) is 42.9 Å². The minimum atomic E-state index is 0.348. The summed E-state index contributed by atoms with van der Waals surface area (Å²) in [7, 11) is 1.67. The number of nitrogens with one attached hydrogen (secondary N) is 2. The summed E-state index contributed by atoms with van der Waals surface area (Å²) in [4.78, 5) is 7.91. The lowest BCUT2D eigenvalue weighted by atomic mass is 10.2. The molecule has 2 heterocycles. The zero-order valence-electron chi connectivity index (χ0n) is 10.4. The third-order valence-electron chi connectivity index (χ3n) is 3.18. The van der Waals surface area contributed by atoms with Gasteiger partial charge in [-0.15, -0.1) is 0 Å². The number of hydrogen-bond acceptors (Lipinski definition) is 4. The molecule has 1 aromatic carbocycles. The summed E-state index contributed by atoms with van der Waals surface area (Å²) in [5, 5.41) is 3.42. The van der Waals surface area contributed by atoms with Crippen LogP contribution in [0.15, 0.2) is 18.2 Å². The van der Waals surface area contributed by atoms with Gasteiger partial charge in [-0.2, -0.15) is 0 Å². The molecular weight excluding hydrogens is 230 g/mol. The number of rotatable bonds is 3. The van der Waals surface area contributed by atoms with E-state index >= 15 is 0 Å². The van der Waals surface area contributed by atoms with Crippen molar-refractivity contribution in [1.29, 1.82) is 0 Å². The number of H-pyrrole nitrogens is 1. The molecule has 1 aliphatic rings. The van der Waals surface area contributed by atoms with Crippen molar-refractivity contribution in [3.63, 3.8) is 0 Å². The van der Waals surface area contributed by atoms with Crippen LogP contribution in [0.25, 0.3) is 11.0 Å². The first kappa shape index (κ1) is 11.5. The minimum absolute atomic E-state index is 0.348. The number of hydrogen-bond donors (Lipinski definition) is 2. The SMILES string of the molecule is COc1ccc2nc(CC3COCCN3)[nH]c2c1. The standard InChI is InChI=1S/C13H17N3O2/c1-17-10-2-3-11-12(7-10)16-13(15-11)6-9-8-18-5-4-14-9/h2-3,7,9,14H,4-6,8H2,1H3,(H,15,16). The summed E-state index contributed by atoms with van der Waals surface area (Å²) in [6.45, 7) is 2.47. The van der Waals surface area contributed by atoms with Gasteiger partial charge in [0.1, 0.15) is 11.6 Å². The molecule has 2 aromatic rings. The van der Waals surface area contributed by atoms with Gasteiger partial charge >= 0.3 is 0 Å². The fourth-order valence-corrected chi connectivity index (χ4v) is 2.25. The molecule has 96 valence electrons. The van der Waals surface area contributed by atoms with E-state index in [1.807, 2.05) is 18.2 Å². The molecule has 0 saturated carbocycles. The Bertz CT molecular complexity index is 532. The number of fused-ring (bicyclic) bond motifs is 1. The van der Waals surface area contributed by atoms with Gasteiger partial charge in [0, 0.05) is 25.1 Å². The van der Waals surface area contributed by atoms with Crippen molar-refractivity contribution >= 4 is 11.0 Å². The predicted molar refractivity (Wildman–Crippen MR) is 69.0 cm³/mol. The summed E-state index contributed by atoms with van der Waals surface area (Å²) in [6.07, 6.45) is 0.858. The Kier molecular flexibility index (Phi) is 3.17. The van der Waals surface area contributed by atoms with Crippen molar-refractivity contribution in [2.75, 3.05) is 26.9 Å². The van der Waals surface area contributed by atoms with E-state index in [9.17, 15) is 0 Å². The highest BCUT2D eigenvalue weighted by molar-refractivity contribution is 5.76. The van der Waals surface area contributed by atoms with Gasteiger partial charge in [-0.1, -0.05) is 0 Å². The van der Waals surface area contributed by atoms with E-state index in [-0.39, 0.29) is 0 Å². The van der Waals surface area contributed by atoms with Crippen molar-refractivity contribution in [1.82, 2.24) is 15.3 Å². The van der Waals surface area contributed by atoms with E-state index in [1.165, 1.54) is 0 Å². The number of morpholine rings is 1. The largest absolute Gasteiger partial charge is 0.497 e. The molecule has 1 unspecified atom stereocenters. The predicted octanol–water partition coefficient (Wildman–Crippen LogP) is 1.10. The molecule has 0 amide bonds. The van der Waals surface area contributed by atoms with E-state index < -0.39 is 0 Å². The number of aromatic nitrogens is 2. The third kappa shape index (κ3) is 2.32. The number of imidazole rings is 1. The van der Waals surface area contributed by atoms with Crippen molar-refractivity contribution in [2.24, 2.45) is 0 Å². The number of nitrogens with zero attached hydrogens (tertiary/aromatic N) is 1. The minimum Gasteiger partial charge on any atom is -0.497 e. The second-order valence-corrected chi connectivity index (χ2v) is 4.50. The fourth-order valence-electron chi connectivity index (χ4n) is 2.25. The van der Waals surface area contributed by atoms with Crippen LogP contribution < -0.4 is 10.1 Å². The highest BCUT2D eigenvalue weighted by Crippen LogP contribution is 2.19. The fraction of sp³-hybridized carbons (Fsp3) is 0.462. The van der Waals surface area contributed by atoms with Crippen molar-refractivity contribution in [3.05, 3.63) is 24.0 Å². The van der Waals surface area contributed by atoms with Crippen LogP contribution in [0.4, 0.5) is 0 Å². The normalized spacial score (nSPS) is 20.2. The van der Waals surface area contributed by atoms with Crippen molar-refractivity contribution < 1.29 is 9.47 Å². The van der Waals surface area contributed by atoms with Crippen molar-refractivity contribution in [2.45, 2.75) is 12.5 Å². The second-order valence-electron chi connectivity index (χ2n) is 4.50. The van der Waals surface area contributed by atoms with E-state index in [4.69, 9.17) is 9.47 Å². The molecule has 3 rings (SSSR count). The molecule has 1 fully saturated rings. The Morgan fingerprint density at radius 3 is 3.22 bits per heavy atom. The topological polar surface area (TPSA) is 59.2 Å². The van der Waals surface area contributed by atoms with Gasteiger partial charge in [0.25, 0.3) is 0 Å². The smallest absolute Gasteiger partial charge is 0.121 e. The van der Waals surface area contributed by atoms with Crippen LogP contribution in [0.2, 0.25) is 0 Å². The van der Waals surface area contributed by atoms with Crippen LogP contribution in [0.1, 0.15) is 5.82 Å². The first-order valence-electron chi connectivity index (χ1n) is 6.19. The maximum atomic E-state index is 5.44. The molecule has 1 aromatic heterocycles. The first-order valence-corrected chi connectivity index (χ1v) is 6.19. The summed E-state index contributed by atoms with van der Waals surface area (Å²) >= 11 is 0. The Balaban J connectivity index is 1.79. The molecule has 5 nitrogen and oxygen atoms in total. The zero-order valence-corrected chi connectivity index (χ0v) is 10.4. The summed E-state index contributed by atoms with van der Waals surface area (Å²) in [6, 6.07) is 6.21. The first-order chi connectivity index (χ1) is 8.85. The van der Waals surface area contributed by atoms with Crippen LogP contribution in [0.5, 0.6) is 5.75 Å². The molecule has 0 radical (unpaired) electrons. The Hall–Kier alpha value is -1.59. The Morgan fingerprint density at radius 2 is 2.44 bits per heavy atom. The second kappa shape index (κ2) is 4.96. The lowest BCUT2D eigenvalue weighted by Gasteiger charge is -2.22. The van der Waals surface area contributed by atoms with Gasteiger partial charge in [-0.25, -0.2) is 4.98 Å². The van der Waals surface area contributed by atoms with Crippen LogP contribution in [0.3, 0.4) is 0 Å². The summed E-state index contributed by atoms with van der Waals surface area (Å²) < 4.78 is 10.6. The van der Waals surface area contributed by atoms with Gasteiger partial charge in [0.15, 0.2) is 0 Å². The van der Waals surface area contributed by atoms with Gasteiger partial charge in [-0.05, 0) is 12.1 Å². The maximum absolute atomic E-state index is 5.44. The molecule has 0 spiro atoms. The van der Waals surface area contributed by atoms with E-state index in [1.54, 1.807) is 7.11 Å². The van der Waals surface area contributed by atoms with Gasteiger partial charge in [0.05, 0.1) is 31.4 Å². The quantitative estimate of drug-likeness (QED) is 0.852. The van der Waals surface area contributed by atoms with E-state index in [0.29, 0.717) is 6.04 Å². The monoisotopic (exact) mass is 247 g/mol. The number of aromatic amines is 1. The third-order valence-corrected chi connectivity index (χ3v) is 3.18. The number of benzene rings is 1. The molecule has 1 atom stereocenters. The van der Waals surface area contributed by atoms with Crippen LogP contribution >= 0.6 is 0 Å². The van der Waals surface area contributed by atoms with Gasteiger partial charge in [0.2, 0.25) is 0 Å². The van der Waals surface area contributed by atoms with Crippen molar-refractivity contribution in [3.8, 4) is 5.75 Å². The van der Waals surface area contributed by atoms with E-state index in [0.717, 1.165) is 48.8 Å². The zero-order chi connectivity index (χ0) is 12.4. The molecular formula is C13H17N3O2. The highest BCUT2D eigenvalue weighted by atomic mass is 16.5. The van der Waals surface area contributed by atoms with Crippen LogP contribution in [-0.2, 0) is 11.2 Å². The molecule has 5 heteroatoms. The summed E-state index contributed by atoms with van der Waals surface area (Å²) in [5.74, 6) is 1.83. The number of methoxy groups -OCH3 is 1. The van der Waals surface area contributed by atoms with Crippen LogP contribution in [0, 0.1) is 0 Å². The lowest BCUT2D eigenvalue weighted by molar-refractivity contribution is 0.0765. The Labute approximate surface area is 106 Å². The molecule has 1 saturated heterocycles. The van der Waals surface area contributed by atoms with Gasteiger partial charge in [-0.3, -0.25) is 0 Å². The average molecular weight is 247 g/mol. The molecule has 0 bridgehead atoms. The molecule has 0 aliphatic carbocycles. The molecule has 18 heavy (non-hydrogen) atoms. The van der Waals surface area contributed by atoms with Gasteiger partial charge < -0.3 is 19.8 Å². The maximum Gasteiger partial charge on any atom is 0.121 e.